The molecule has 0 spiro atoms. The minimum atomic E-state index is 0.465. The quantitative estimate of drug-likeness (QED) is 0.449. The zero-order valence-corrected chi connectivity index (χ0v) is 17.5. The van der Waals surface area contributed by atoms with Crippen molar-refractivity contribution in [2.45, 2.75) is 46.3 Å². The number of aromatic nitrogens is 3. The third-order valence-electron chi connectivity index (χ3n) is 4.26. The molecule has 0 fully saturated rings. The van der Waals surface area contributed by atoms with Crippen LogP contribution in [0, 0.1) is 0 Å². The first-order valence-corrected chi connectivity index (χ1v) is 10.5. The molecule has 3 rings (SSSR count). The second-order valence-corrected chi connectivity index (χ2v) is 7.74. The molecule has 0 unspecified atom stereocenters. The van der Waals surface area contributed by atoms with Gasteiger partial charge < -0.3 is 10.6 Å². The average molecular weight is 397 g/mol. The number of hydrogen-bond donors (Lipinski definition) is 2. The molecule has 0 aliphatic heterocycles. The Bertz CT molecular complexity index is 882. The van der Waals surface area contributed by atoms with E-state index in [0.29, 0.717) is 19.0 Å². The number of nitrogens with zero attached hydrogens (tertiary/aromatic N) is 4. The van der Waals surface area contributed by atoms with E-state index in [2.05, 4.69) is 71.1 Å². The Balaban J connectivity index is 1.65. The van der Waals surface area contributed by atoms with Crippen LogP contribution in [0.5, 0.6) is 0 Å². The molecule has 2 N–H and O–H groups in total. The number of benzene rings is 1. The third kappa shape index (κ3) is 5.66. The van der Waals surface area contributed by atoms with Crippen molar-refractivity contribution < 1.29 is 0 Å². The van der Waals surface area contributed by atoms with Crippen LogP contribution in [-0.4, -0.2) is 27.3 Å². The second kappa shape index (κ2) is 10.0. The lowest BCUT2D eigenvalue weighted by atomic mass is 10.1. The Morgan fingerprint density at radius 2 is 2.00 bits per heavy atom. The summed E-state index contributed by atoms with van der Waals surface area (Å²) in [5, 5.41) is 14.3. The highest BCUT2D eigenvalue weighted by Gasteiger charge is 2.07. The van der Waals surface area contributed by atoms with Crippen LogP contribution in [0.25, 0.3) is 0 Å². The van der Waals surface area contributed by atoms with E-state index >= 15 is 0 Å². The maximum atomic E-state index is 4.77. The Morgan fingerprint density at radius 3 is 2.68 bits per heavy atom. The fraction of sp³-hybridized carbons (Fsp3) is 0.381. The largest absolute Gasteiger partial charge is 0.357 e. The molecule has 0 amide bonds. The van der Waals surface area contributed by atoms with Gasteiger partial charge in [-0.3, -0.25) is 4.68 Å². The van der Waals surface area contributed by atoms with Gasteiger partial charge in [0.2, 0.25) is 0 Å². The first-order chi connectivity index (χ1) is 13.7. The van der Waals surface area contributed by atoms with Crippen molar-refractivity contribution in [1.29, 1.82) is 0 Å². The molecule has 7 heteroatoms. The van der Waals surface area contributed by atoms with Gasteiger partial charge in [-0.25, -0.2) is 9.98 Å². The van der Waals surface area contributed by atoms with Crippen LogP contribution in [0.4, 0.5) is 0 Å². The lowest BCUT2D eigenvalue weighted by molar-refractivity contribution is 0.680. The lowest BCUT2D eigenvalue weighted by Gasteiger charge is -2.12. The molecule has 0 aliphatic carbocycles. The predicted molar refractivity (Wildman–Crippen MR) is 116 cm³/mol. The van der Waals surface area contributed by atoms with Crippen LogP contribution in [0.1, 0.15) is 48.5 Å². The van der Waals surface area contributed by atoms with E-state index in [9.17, 15) is 0 Å². The minimum absolute atomic E-state index is 0.465. The monoisotopic (exact) mass is 396 g/mol. The lowest BCUT2D eigenvalue weighted by Crippen LogP contribution is -2.36. The number of nitrogens with one attached hydrogen (secondary N) is 2. The number of thiazole rings is 1. The molecule has 28 heavy (non-hydrogen) atoms. The summed E-state index contributed by atoms with van der Waals surface area (Å²) in [6.45, 7) is 9.26. The van der Waals surface area contributed by atoms with E-state index < -0.39 is 0 Å². The molecular formula is C21H28N6S. The Hall–Kier alpha value is -2.67. The number of guanidine groups is 1. The van der Waals surface area contributed by atoms with Gasteiger partial charge >= 0.3 is 0 Å². The molecule has 2 aromatic heterocycles. The Kier molecular flexibility index (Phi) is 7.19. The molecule has 148 valence electrons. The summed E-state index contributed by atoms with van der Waals surface area (Å²) in [5.41, 5.74) is 3.48. The van der Waals surface area contributed by atoms with Crippen molar-refractivity contribution >= 4 is 17.3 Å². The van der Waals surface area contributed by atoms with Gasteiger partial charge in [0.1, 0.15) is 0 Å². The predicted octanol–water partition coefficient (Wildman–Crippen LogP) is 3.77. The van der Waals surface area contributed by atoms with Crippen LogP contribution in [0.15, 0.2) is 53.1 Å². The molecule has 1 aromatic carbocycles. The maximum Gasteiger partial charge on any atom is 0.191 e. The van der Waals surface area contributed by atoms with Gasteiger partial charge in [-0.2, -0.15) is 5.10 Å². The molecule has 3 aromatic rings. The van der Waals surface area contributed by atoms with Gasteiger partial charge in [0.15, 0.2) is 5.96 Å². The molecule has 0 saturated carbocycles. The standard InChI is InChI=1S/C21H28N6S/c1-4-22-21(24-13-19-15-28-20(26-19)16(2)3)23-12-17-8-5-6-9-18(17)14-27-11-7-10-25-27/h5-11,15-16H,4,12-14H2,1-3H3,(H2,22,23,24). The summed E-state index contributed by atoms with van der Waals surface area (Å²) in [6.07, 6.45) is 3.78. The van der Waals surface area contributed by atoms with Gasteiger partial charge in [0.05, 0.1) is 30.3 Å². The molecule has 2 heterocycles. The fourth-order valence-corrected chi connectivity index (χ4v) is 3.62. The van der Waals surface area contributed by atoms with Crippen LogP contribution in [0.3, 0.4) is 0 Å². The molecular weight excluding hydrogens is 368 g/mol. The van der Waals surface area contributed by atoms with Crippen molar-refractivity contribution in [2.24, 2.45) is 4.99 Å². The van der Waals surface area contributed by atoms with Crippen LogP contribution < -0.4 is 10.6 Å². The highest BCUT2D eigenvalue weighted by atomic mass is 32.1. The SMILES string of the molecule is CCNC(=NCc1ccccc1Cn1cccn1)NCc1csc(C(C)C)n1. The minimum Gasteiger partial charge on any atom is -0.357 e. The van der Waals surface area contributed by atoms with Gasteiger partial charge in [-0.05, 0) is 24.1 Å². The molecule has 0 saturated heterocycles. The summed E-state index contributed by atoms with van der Waals surface area (Å²) in [7, 11) is 0. The van der Waals surface area contributed by atoms with Gasteiger partial charge in [-0.1, -0.05) is 38.1 Å². The van der Waals surface area contributed by atoms with E-state index in [4.69, 9.17) is 4.99 Å². The maximum absolute atomic E-state index is 4.77. The van der Waals surface area contributed by atoms with Crippen molar-refractivity contribution in [2.75, 3.05) is 6.54 Å². The zero-order valence-electron chi connectivity index (χ0n) is 16.7. The summed E-state index contributed by atoms with van der Waals surface area (Å²) in [4.78, 5) is 9.45. The van der Waals surface area contributed by atoms with E-state index in [1.54, 1.807) is 17.5 Å². The first-order valence-electron chi connectivity index (χ1n) is 9.66. The van der Waals surface area contributed by atoms with Crippen LogP contribution >= 0.6 is 11.3 Å². The number of hydrogen-bond acceptors (Lipinski definition) is 4. The summed E-state index contributed by atoms with van der Waals surface area (Å²) in [6, 6.07) is 10.3. The molecule has 0 bridgehead atoms. The van der Waals surface area contributed by atoms with Crippen LogP contribution in [-0.2, 0) is 19.6 Å². The zero-order chi connectivity index (χ0) is 19.8. The highest BCUT2D eigenvalue weighted by Crippen LogP contribution is 2.19. The van der Waals surface area contributed by atoms with Crippen LogP contribution in [0.2, 0.25) is 0 Å². The fourth-order valence-electron chi connectivity index (χ4n) is 2.78. The number of rotatable bonds is 8. The van der Waals surface area contributed by atoms with Crippen molar-refractivity contribution in [3.63, 3.8) is 0 Å². The normalized spacial score (nSPS) is 11.8. The van der Waals surface area contributed by atoms with E-state index in [-0.39, 0.29) is 0 Å². The third-order valence-corrected chi connectivity index (χ3v) is 5.46. The Labute approximate surface area is 170 Å². The smallest absolute Gasteiger partial charge is 0.191 e. The summed E-state index contributed by atoms with van der Waals surface area (Å²) in [5.74, 6) is 1.27. The summed E-state index contributed by atoms with van der Waals surface area (Å²) < 4.78 is 1.93. The second-order valence-electron chi connectivity index (χ2n) is 6.85. The Morgan fingerprint density at radius 1 is 1.18 bits per heavy atom. The van der Waals surface area contributed by atoms with Crippen molar-refractivity contribution in [1.82, 2.24) is 25.4 Å². The molecule has 0 aliphatic rings. The molecule has 0 radical (unpaired) electrons. The van der Waals surface area contributed by atoms with E-state index in [0.717, 1.165) is 24.7 Å². The van der Waals surface area contributed by atoms with Gasteiger partial charge in [0.25, 0.3) is 0 Å². The highest BCUT2D eigenvalue weighted by molar-refractivity contribution is 7.09. The average Bonchev–Trinajstić information content (AvgIpc) is 3.37. The molecule has 0 atom stereocenters. The van der Waals surface area contributed by atoms with Crippen molar-refractivity contribution in [3.05, 3.63) is 69.9 Å². The molecule has 6 nitrogen and oxygen atoms in total. The van der Waals surface area contributed by atoms with E-state index in [1.165, 1.54) is 16.1 Å². The van der Waals surface area contributed by atoms with Gasteiger partial charge in [0, 0.05) is 30.2 Å². The topological polar surface area (TPSA) is 67.1 Å². The van der Waals surface area contributed by atoms with Gasteiger partial charge in [-0.15, -0.1) is 11.3 Å². The first kappa shape index (κ1) is 20.1. The van der Waals surface area contributed by atoms with E-state index in [1.807, 2.05) is 16.9 Å². The summed E-state index contributed by atoms with van der Waals surface area (Å²) >= 11 is 1.72. The van der Waals surface area contributed by atoms with Crippen molar-refractivity contribution in [3.8, 4) is 0 Å². The number of aliphatic imine (C=N–C) groups is 1.